The number of methoxy groups -OCH3 is 1. The van der Waals surface area contributed by atoms with Crippen LogP contribution in [0.3, 0.4) is 0 Å². The Bertz CT molecular complexity index is 370. The normalized spacial score (nSPS) is 9.07. The van der Waals surface area contributed by atoms with Crippen molar-refractivity contribution in [1.82, 2.24) is 15.0 Å². The predicted molar refractivity (Wildman–Crippen MR) is 49.5 cm³/mol. The van der Waals surface area contributed by atoms with Crippen molar-refractivity contribution in [3.63, 3.8) is 0 Å². The van der Waals surface area contributed by atoms with Crippen LogP contribution in [0, 0.1) is 0 Å². The number of anilines is 1. The lowest BCUT2D eigenvalue weighted by atomic mass is 10.8. The van der Waals surface area contributed by atoms with Gasteiger partial charge in [0.1, 0.15) is 0 Å². The average molecular weight is 195 g/mol. The summed E-state index contributed by atoms with van der Waals surface area (Å²) in [6.07, 6.45) is 0. The fourth-order valence-electron chi connectivity index (χ4n) is 0.712. The summed E-state index contributed by atoms with van der Waals surface area (Å²) < 4.78 is 4.82. The number of ether oxygens (including phenoxy) is 1. The second-order valence-electron chi connectivity index (χ2n) is 2.51. The molecule has 1 aromatic heterocycles. The highest BCUT2D eigenvalue weighted by Crippen LogP contribution is 2.14. The molecule has 0 saturated carbocycles. The molecule has 8 heteroatoms. The van der Waals surface area contributed by atoms with Crippen LogP contribution in [0.2, 0.25) is 0 Å². The molecule has 74 valence electrons. The van der Waals surface area contributed by atoms with Gasteiger partial charge in [0.05, 0.1) is 7.11 Å². The number of hydrogen-bond donors (Lipinski definition) is 0. The Morgan fingerprint density at radius 3 is 2.57 bits per heavy atom. The number of rotatable bonds is 3. The van der Waals surface area contributed by atoms with Gasteiger partial charge in [-0.2, -0.15) is 15.0 Å². The molecule has 0 aliphatic carbocycles. The number of azide groups is 1. The molecular weight excluding hydrogens is 186 g/mol. The molecular formula is C6H9N7O. The van der Waals surface area contributed by atoms with E-state index in [0.717, 1.165) is 0 Å². The highest BCUT2D eigenvalue weighted by atomic mass is 16.5. The largest absolute Gasteiger partial charge is 0.467 e. The van der Waals surface area contributed by atoms with Crippen molar-refractivity contribution in [3.8, 4) is 6.01 Å². The van der Waals surface area contributed by atoms with E-state index < -0.39 is 0 Å². The van der Waals surface area contributed by atoms with Gasteiger partial charge in [0.25, 0.3) is 0 Å². The van der Waals surface area contributed by atoms with Crippen molar-refractivity contribution in [2.24, 2.45) is 5.11 Å². The Kier molecular flexibility index (Phi) is 3.03. The lowest BCUT2D eigenvalue weighted by Crippen LogP contribution is -2.13. The van der Waals surface area contributed by atoms with Crippen LogP contribution < -0.4 is 9.64 Å². The summed E-state index contributed by atoms with van der Waals surface area (Å²) in [5.74, 6) is 0.363. The van der Waals surface area contributed by atoms with Crippen LogP contribution in [0.15, 0.2) is 5.11 Å². The first-order valence-electron chi connectivity index (χ1n) is 3.70. The standard InChI is InChI=1S/C6H9N7O/c1-13(2)5-8-4(11-12-7)9-6(10-5)14-3/h1-3H3. The van der Waals surface area contributed by atoms with Gasteiger partial charge in [-0.3, -0.25) is 0 Å². The molecule has 0 unspecified atom stereocenters. The van der Waals surface area contributed by atoms with E-state index in [2.05, 4.69) is 25.0 Å². The number of hydrogen-bond acceptors (Lipinski definition) is 6. The molecule has 0 N–H and O–H groups in total. The van der Waals surface area contributed by atoms with Crippen molar-refractivity contribution in [2.75, 3.05) is 26.1 Å². The third-order valence-electron chi connectivity index (χ3n) is 1.31. The van der Waals surface area contributed by atoms with Crippen molar-refractivity contribution in [1.29, 1.82) is 0 Å². The van der Waals surface area contributed by atoms with Crippen LogP contribution >= 0.6 is 0 Å². The third-order valence-corrected chi connectivity index (χ3v) is 1.31. The van der Waals surface area contributed by atoms with Crippen LogP contribution in [0.5, 0.6) is 6.01 Å². The Morgan fingerprint density at radius 2 is 2.07 bits per heavy atom. The number of aromatic nitrogens is 3. The van der Waals surface area contributed by atoms with Crippen LogP contribution in [0.25, 0.3) is 10.4 Å². The summed E-state index contributed by atoms with van der Waals surface area (Å²) >= 11 is 0. The van der Waals surface area contributed by atoms with Crippen molar-refractivity contribution < 1.29 is 4.74 Å². The molecule has 1 aromatic rings. The van der Waals surface area contributed by atoms with Crippen LogP contribution in [-0.4, -0.2) is 36.2 Å². The fraction of sp³-hybridized carbons (Fsp3) is 0.500. The highest BCUT2D eigenvalue weighted by Gasteiger charge is 2.06. The van der Waals surface area contributed by atoms with Crippen molar-refractivity contribution >= 4 is 11.9 Å². The molecule has 14 heavy (non-hydrogen) atoms. The molecule has 0 aliphatic rings. The van der Waals surface area contributed by atoms with Gasteiger partial charge in [-0.25, -0.2) is 0 Å². The fourth-order valence-corrected chi connectivity index (χ4v) is 0.712. The third kappa shape index (κ3) is 2.20. The Labute approximate surface area is 80.2 Å². The predicted octanol–water partition coefficient (Wildman–Crippen LogP) is 0.888. The van der Waals surface area contributed by atoms with Gasteiger partial charge < -0.3 is 9.64 Å². The quantitative estimate of drug-likeness (QED) is 0.405. The molecule has 0 saturated heterocycles. The molecule has 0 spiro atoms. The summed E-state index contributed by atoms with van der Waals surface area (Å²) in [6.45, 7) is 0. The average Bonchev–Trinajstić information content (AvgIpc) is 2.17. The highest BCUT2D eigenvalue weighted by molar-refractivity contribution is 5.33. The molecule has 1 heterocycles. The van der Waals surface area contributed by atoms with Crippen LogP contribution in [0.1, 0.15) is 0 Å². The molecule has 0 amide bonds. The SMILES string of the molecule is COc1nc(N=[N+]=[N-])nc(N(C)C)n1. The summed E-state index contributed by atoms with van der Waals surface area (Å²) in [5, 5.41) is 3.27. The van der Waals surface area contributed by atoms with E-state index >= 15 is 0 Å². The van der Waals surface area contributed by atoms with Crippen LogP contribution in [0.4, 0.5) is 11.9 Å². The first-order valence-corrected chi connectivity index (χ1v) is 3.70. The first-order chi connectivity index (χ1) is 6.67. The molecule has 0 bridgehead atoms. The van der Waals surface area contributed by atoms with Gasteiger partial charge in [-0.05, 0) is 10.6 Å². The van der Waals surface area contributed by atoms with Crippen LogP contribution in [-0.2, 0) is 0 Å². The lowest BCUT2D eigenvalue weighted by Gasteiger charge is -2.10. The van der Waals surface area contributed by atoms with E-state index in [0.29, 0.717) is 5.95 Å². The summed E-state index contributed by atoms with van der Waals surface area (Å²) in [7, 11) is 4.94. The van der Waals surface area contributed by atoms with Gasteiger partial charge in [0, 0.05) is 19.0 Å². The summed E-state index contributed by atoms with van der Waals surface area (Å²) in [4.78, 5) is 15.8. The monoisotopic (exact) mass is 195 g/mol. The topological polar surface area (TPSA) is 99.9 Å². The minimum atomic E-state index is -0.0111. The van der Waals surface area contributed by atoms with E-state index in [4.69, 9.17) is 10.3 Å². The van der Waals surface area contributed by atoms with E-state index in [-0.39, 0.29) is 12.0 Å². The first kappa shape index (κ1) is 10.0. The zero-order chi connectivity index (χ0) is 10.6. The Balaban J connectivity index is 3.19. The van der Waals surface area contributed by atoms with E-state index in [1.807, 2.05) is 0 Å². The molecule has 0 aromatic carbocycles. The smallest absolute Gasteiger partial charge is 0.321 e. The second-order valence-corrected chi connectivity index (χ2v) is 2.51. The molecule has 0 fully saturated rings. The lowest BCUT2D eigenvalue weighted by molar-refractivity contribution is 0.379. The number of nitrogens with zero attached hydrogens (tertiary/aromatic N) is 7. The van der Waals surface area contributed by atoms with Gasteiger partial charge in [0.15, 0.2) is 0 Å². The molecule has 1 rings (SSSR count). The van der Waals surface area contributed by atoms with Crippen molar-refractivity contribution in [2.45, 2.75) is 0 Å². The Hall–Kier alpha value is -2.08. The van der Waals surface area contributed by atoms with Gasteiger partial charge in [0.2, 0.25) is 11.9 Å². The molecule has 0 aliphatic heterocycles. The zero-order valence-corrected chi connectivity index (χ0v) is 8.04. The summed E-state index contributed by atoms with van der Waals surface area (Å²) in [6, 6.07) is 0.117. The van der Waals surface area contributed by atoms with Gasteiger partial charge in [-0.15, -0.1) is 0 Å². The van der Waals surface area contributed by atoms with Crippen molar-refractivity contribution in [3.05, 3.63) is 10.4 Å². The molecule has 0 atom stereocenters. The minimum Gasteiger partial charge on any atom is -0.467 e. The zero-order valence-electron chi connectivity index (χ0n) is 8.04. The maximum Gasteiger partial charge on any atom is 0.321 e. The maximum atomic E-state index is 8.22. The van der Waals surface area contributed by atoms with Gasteiger partial charge in [-0.1, -0.05) is 0 Å². The van der Waals surface area contributed by atoms with E-state index in [1.54, 1.807) is 19.0 Å². The second kappa shape index (κ2) is 4.24. The molecule has 0 radical (unpaired) electrons. The van der Waals surface area contributed by atoms with Gasteiger partial charge >= 0.3 is 6.01 Å². The maximum absolute atomic E-state index is 8.22. The Morgan fingerprint density at radius 1 is 1.36 bits per heavy atom. The minimum absolute atomic E-state index is 0.0111. The van der Waals surface area contributed by atoms with E-state index in [1.165, 1.54) is 7.11 Å². The molecule has 8 nitrogen and oxygen atoms in total. The summed E-state index contributed by atoms with van der Waals surface area (Å²) in [5.41, 5.74) is 8.22. The van der Waals surface area contributed by atoms with E-state index in [9.17, 15) is 0 Å².